The van der Waals surface area contributed by atoms with Gasteiger partial charge in [-0.2, -0.15) is 0 Å². The molecule has 1 N–H and O–H groups in total. The van der Waals surface area contributed by atoms with E-state index in [0.717, 1.165) is 5.56 Å². The Morgan fingerprint density at radius 1 is 1.06 bits per heavy atom. The largest absolute Gasteiger partial charge is 0.465 e. The average molecular weight is 229 g/mol. The number of aliphatic hydroxyl groups is 1. The minimum absolute atomic E-state index is 0.534. The first-order valence-electron chi connectivity index (χ1n) is 5.37. The molecule has 3 rings (SSSR count). The maximum absolute atomic E-state index is 10.2. The van der Waals surface area contributed by atoms with Crippen molar-refractivity contribution in [3.8, 4) is 0 Å². The van der Waals surface area contributed by atoms with E-state index in [0.29, 0.717) is 11.5 Å². The molecule has 86 valence electrons. The second-order valence-electron chi connectivity index (χ2n) is 3.83. The molecule has 2 atom stereocenters. The van der Waals surface area contributed by atoms with Crippen molar-refractivity contribution in [2.45, 2.75) is 12.2 Å². The number of aliphatic hydroxyl groups excluding tert-OH is 1. The highest BCUT2D eigenvalue weighted by atomic mass is 16.7. The average Bonchev–Trinajstić information content (AvgIpc) is 2.99. The first-order valence-corrected chi connectivity index (χ1v) is 5.37. The molecule has 0 spiro atoms. The van der Waals surface area contributed by atoms with E-state index in [2.05, 4.69) is 5.16 Å². The SMILES string of the molecule is OC1C(c2ccccc2)=NOC1c1ccco1. The van der Waals surface area contributed by atoms with Crippen LogP contribution in [0.2, 0.25) is 0 Å². The van der Waals surface area contributed by atoms with Crippen molar-refractivity contribution < 1.29 is 14.4 Å². The number of furan rings is 1. The molecule has 2 unspecified atom stereocenters. The summed E-state index contributed by atoms with van der Waals surface area (Å²) < 4.78 is 5.21. The highest BCUT2D eigenvalue weighted by molar-refractivity contribution is 6.04. The maximum atomic E-state index is 10.2. The molecule has 0 amide bonds. The van der Waals surface area contributed by atoms with Crippen LogP contribution in [0.15, 0.2) is 58.3 Å². The lowest BCUT2D eigenvalue weighted by molar-refractivity contribution is 0.00700. The normalized spacial score (nSPS) is 23.2. The van der Waals surface area contributed by atoms with Crippen LogP contribution in [0.5, 0.6) is 0 Å². The summed E-state index contributed by atoms with van der Waals surface area (Å²) in [5, 5.41) is 14.1. The van der Waals surface area contributed by atoms with E-state index in [-0.39, 0.29) is 0 Å². The summed E-state index contributed by atoms with van der Waals surface area (Å²) >= 11 is 0. The minimum Gasteiger partial charge on any atom is -0.465 e. The van der Waals surface area contributed by atoms with Crippen molar-refractivity contribution in [2.75, 3.05) is 0 Å². The highest BCUT2D eigenvalue weighted by Gasteiger charge is 2.36. The van der Waals surface area contributed by atoms with Gasteiger partial charge in [0.1, 0.15) is 17.6 Å². The molecule has 1 aliphatic rings. The molecule has 1 aromatic carbocycles. The zero-order valence-corrected chi connectivity index (χ0v) is 8.98. The van der Waals surface area contributed by atoms with E-state index in [1.54, 1.807) is 18.4 Å². The fraction of sp³-hybridized carbons (Fsp3) is 0.154. The molecule has 0 bridgehead atoms. The van der Waals surface area contributed by atoms with Gasteiger partial charge in [0.25, 0.3) is 0 Å². The standard InChI is InChI=1S/C13H11NO3/c15-12-11(9-5-2-1-3-6-9)14-17-13(12)10-7-4-8-16-10/h1-8,12-13,15H. The van der Waals surface area contributed by atoms with E-state index in [1.807, 2.05) is 30.3 Å². The Bertz CT molecular complexity index is 519. The number of oxime groups is 1. The van der Waals surface area contributed by atoms with Gasteiger partial charge in [0.15, 0.2) is 0 Å². The van der Waals surface area contributed by atoms with Gasteiger partial charge < -0.3 is 14.4 Å². The van der Waals surface area contributed by atoms with Crippen LogP contribution in [0, 0.1) is 0 Å². The number of benzene rings is 1. The third-order valence-corrected chi connectivity index (χ3v) is 2.72. The fourth-order valence-electron chi connectivity index (χ4n) is 1.86. The molecular weight excluding hydrogens is 218 g/mol. The molecule has 0 saturated carbocycles. The summed E-state index contributed by atoms with van der Waals surface area (Å²) in [6.07, 6.45) is 0.190. The lowest BCUT2D eigenvalue weighted by Gasteiger charge is -2.10. The van der Waals surface area contributed by atoms with Crippen LogP contribution in [-0.2, 0) is 4.84 Å². The zero-order valence-electron chi connectivity index (χ0n) is 8.98. The first-order chi connectivity index (χ1) is 8.36. The number of rotatable bonds is 2. The molecule has 2 aromatic rings. The van der Waals surface area contributed by atoms with Crippen molar-refractivity contribution in [1.82, 2.24) is 0 Å². The number of nitrogens with zero attached hydrogens (tertiary/aromatic N) is 1. The summed E-state index contributed by atoms with van der Waals surface area (Å²) in [4.78, 5) is 5.22. The maximum Gasteiger partial charge on any atom is 0.216 e. The van der Waals surface area contributed by atoms with Gasteiger partial charge in [-0.25, -0.2) is 0 Å². The van der Waals surface area contributed by atoms with Crippen LogP contribution in [0.1, 0.15) is 17.4 Å². The fourth-order valence-corrected chi connectivity index (χ4v) is 1.86. The zero-order chi connectivity index (χ0) is 11.7. The van der Waals surface area contributed by atoms with Crippen LogP contribution in [0.3, 0.4) is 0 Å². The Morgan fingerprint density at radius 3 is 2.59 bits per heavy atom. The van der Waals surface area contributed by atoms with Gasteiger partial charge in [-0.3, -0.25) is 0 Å². The number of hydrogen-bond donors (Lipinski definition) is 1. The van der Waals surface area contributed by atoms with Crippen molar-refractivity contribution in [2.24, 2.45) is 5.16 Å². The van der Waals surface area contributed by atoms with Gasteiger partial charge >= 0.3 is 0 Å². The van der Waals surface area contributed by atoms with Gasteiger partial charge in [0.2, 0.25) is 6.10 Å². The Hall–Kier alpha value is -2.07. The van der Waals surface area contributed by atoms with E-state index >= 15 is 0 Å². The quantitative estimate of drug-likeness (QED) is 0.858. The van der Waals surface area contributed by atoms with Gasteiger partial charge in [0.05, 0.1) is 6.26 Å². The summed E-state index contributed by atoms with van der Waals surface area (Å²) in [5.74, 6) is 0.576. The summed E-state index contributed by atoms with van der Waals surface area (Å²) in [7, 11) is 0. The summed E-state index contributed by atoms with van der Waals surface area (Å²) in [6, 6.07) is 13.0. The van der Waals surface area contributed by atoms with E-state index < -0.39 is 12.2 Å². The van der Waals surface area contributed by atoms with Crippen LogP contribution >= 0.6 is 0 Å². The van der Waals surface area contributed by atoms with Gasteiger partial charge in [0, 0.05) is 5.56 Å². The minimum atomic E-state index is -0.802. The molecule has 0 aliphatic carbocycles. The molecule has 1 aliphatic heterocycles. The second kappa shape index (κ2) is 4.07. The van der Waals surface area contributed by atoms with Crippen molar-refractivity contribution >= 4 is 5.71 Å². The van der Waals surface area contributed by atoms with Crippen molar-refractivity contribution in [1.29, 1.82) is 0 Å². The van der Waals surface area contributed by atoms with E-state index in [9.17, 15) is 5.11 Å². The molecule has 4 heteroatoms. The van der Waals surface area contributed by atoms with Crippen LogP contribution in [-0.4, -0.2) is 16.9 Å². The Kier molecular flexibility index (Phi) is 2.42. The van der Waals surface area contributed by atoms with Crippen molar-refractivity contribution in [3.05, 3.63) is 60.1 Å². The monoisotopic (exact) mass is 229 g/mol. The van der Waals surface area contributed by atoms with E-state index in [1.165, 1.54) is 0 Å². The molecule has 2 heterocycles. The smallest absolute Gasteiger partial charge is 0.216 e. The molecule has 0 radical (unpaired) electrons. The van der Waals surface area contributed by atoms with E-state index in [4.69, 9.17) is 9.25 Å². The predicted molar refractivity (Wildman–Crippen MR) is 61.5 cm³/mol. The van der Waals surface area contributed by atoms with Gasteiger partial charge in [-0.05, 0) is 12.1 Å². The molecule has 0 saturated heterocycles. The number of hydrogen-bond acceptors (Lipinski definition) is 4. The highest BCUT2D eigenvalue weighted by Crippen LogP contribution is 2.30. The summed E-state index contributed by atoms with van der Waals surface area (Å²) in [6.45, 7) is 0. The van der Waals surface area contributed by atoms with Crippen LogP contribution in [0.25, 0.3) is 0 Å². The first kappa shape index (κ1) is 10.1. The second-order valence-corrected chi connectivity index (χ2v) is 3.83. The predicted octanol–water partition coefficient (Wildman–Crippen LogP) is 2.12. The third kappa shape index (κ3) is 1.72. The molecular formula is C13H11NO3. The lowest BCUT2D eigenvalue weighted by atomic mass is 10.0. The lowest BCUT2D eigenvalue weighted by Crippen LogP contribution is -2.23. The molecule has 1 aromatic heterocycles. The van der Waals surface area contributed by atoms with Crippen LogP contribution in [0.4, 0.5) is 0 Å². The third-order valence-electron chi connectivity index (χ3n) is 2.72. The molecule has 4 nitrogen and oxygen atoms in total. The van der Waals surface area contributed by atoms with Gasteiger partial charge in [-0.15, -0.1) is 0 Å². The Morgan fingerprint density at radius 2 is 1.88 bits per heavy atom. The van der Waals surface area contributed by atoms with Gasteiger partial charge in [-0.1, -0.05) is 35.5 Å². The Balaban J connectivity index is 1.87. The molecule has 0 fully saturated rings. The van der Waals surface area contributed by atoms with Crippen molar-refractivity contribution in [3.63, 3.8) is 0 Å². The molecule has 17 heavy (non-hydrogen) atoms. The topological polar surface area (TPSA) is 55.0 Å². The summed E-state index contributed by atoms with van der Waals surface area (Å²) in [5.41, 5.74) is 1.39. The Labute approximate surface area is 98.1 Å². The van der Waals surface area contributed by atoms with Crippen LogP contribution < -0.4 is 0 Å².